The molecule has 0 unspecified atom stereocenters. The molecule has 144 valence electrons. The van der Waals surface area contributed by atoms with Crippen molar-refractivity contribution in [2.24, 2.45) is 0 Å². The van der Waals surface area contributed by atoms with Gasteiger partial charge in [0.1, 0.15) is 4.88 Å². The molecule has 2 aromatic rings. The van der Waals surface area contributed by atoms with Crippen LogP contribution in [-0.2, 0) is 22.4 Å². The molecule has 8 heteroatoms. The van der Waals surface area contributed by atoms with Gasteiger partial charge in [0, 0.05) is 4.88 Å². The number of fused-ring (bicyclic) bond motifs is 1. The molecule has 0 saturated carbocycles. The predicted octanol–water partition coefficient (Wildman–Crippen LogP) is 4.62. The first kappa shape index (κ1) is 19.4. The fourth-order valence-corrected chi connectivity index (χ4v) is 4.03. The van der Waals surface area contributed by atoms with Crippen LogP contribution in [0.1, 0.15) is 46.3 Å². The second-order valence-electron chi connectivity index (χ2n) is 6.38. The van der Waals surface area contributed by atoms with Gasteiger partial charge in [0.05, 0.1) is 5.69 Å². The fraction of sp³-hybridized carbons (Fsp3) is 0.368. The van der Waals surface area contributed by atoms with E-state index in [-0.39, 0.29) is 0 Å². The van der Waals surface area contributed by atoms with Gasteiger partial charge in [-0.1, -0.05) is 6.42 Å². The normalized spacial score (nSPS) is 14.8. The Labute approximate surface area is 158 Å². The van der Waals surface area contributed by atoms with Crippen LogP contribution in [0.2, 0.25) is 0 Å². The molecule has 1 aromatic carbocycles. The van der Waals surface area contributed by atoms with Crippen molar-refractivity contribution in [1.82, 2.24) is 0 Å². The molecule has 1 amide bonds. The standard InChI is InChI=1S/C19H18F3NO3S/c1-10(18(24)23-13-8-7-12(20)16(21)17(13)22)26-19(25)15-9-11-5-3-2-4-6-14(11)27-15/h7-10H,2-6H2,1H3,(H,23,24)/t10-/m0/s1. The van der Waals surface area contributed by atoms with Gasteiger partial charge in [-0.05, 0) is 56.4 Å². The number of benzene rings is 1. The smallest absolute Gasteiger partial charge is 0.349 e. The highest BCUT2D eigenvalue weighted by atomic mass is 32.1. The second-order valence-corrected chi connectivity index (χ2v) is 7.52. The second kappa shape index (κ2) is 8.12. The minimum absolute atomic E-state index is 0.417. The Balaban J connectivity index is 1.64. The molecule has 4 nitrogen and oxygen atoms in total. The van der Waals surface area contributed by atoms with E-state index in [1.165, 1.54) is 29.6 Å². The molecule has 1 aliphatic carbocycles. The zero-order chi connectivity index (χ0) is 19.6. The van der Waals surface area contributed by atoms with Gasteiger partial charge in [-0.15, -0.1) is 11.3 Å². The van der Waals surface area contributed by atoms with Crippen molar-refractivity contribution in [1.29, 1.82) is 0 Å². The van der Waals surface area contributed by atoms with E-state index in [2.05, 4.69) is 5.32 Å². The minimum Gasteiger partial charge on any atom is -0.448 e. The van der Waals surface area contributed by atoms with Gasteiger partial charge in [-0.3, -0.25) is 4.79 Å². The van der Waals surface area contributed by atoms with Gasteiger partial charge in [0.2, 0.25) is 0 Å². The van der Waals surface area contributed by atoms with Gasteiger partial charge in [-0.25, -0.2) is 18.0 Å². The summed E-state index contributed by atoms with van der Waals surface area (Å²) in [5, 5.41) is 2.10. The van der Waals surface area contributed by atoms with Gasteiger partial charge >= 0.3 is 5.97 Å². The first-order valence-electron chi connectivity index (χ1n) is 8.63. The number of rotatable bonds is 4. The molecule has 1 aliphatic rings. The van der Waals surface area contributed by atoms with Crippen molar-refractivity contribution in [2.75, 3.05) is 5.32 Å². The summed E-state index contributed by atoms with van der Waals surface area (Å²) in [7, 11) is 0. The molecule has 0 bridgehead atoms. The number of hydrogen-bond acceptors (Lipinski definition) is 4. The van der Waals surface area contributed by atoms with Crippen molar-refractivity contribution in [3.8, 4) is 0 Å². The Morgan fingerprint density at radius 3 is 2.63 bits per heavy atom. The first-order chi connectivity index (χ1) is 12.9. The van der Waals surface area contributed by atoms with Gasteiger partial charge in [-0.2, -0.15) is 0 Å². The van der Waals surface area contributed by atoms with Crippen LogP contribution in [0, 0.1) is 17.5 Å². The first-order valence-corrected chi connectivity index (χ1v) is 9.45. The average molecular weight is 397 g/mol. The van der Waals surface area contributed by atoms with Gasteiger partial charge < -0.3 is 10.1 Å². The van der Waals surface area contributed by atoms with Crippen LogP contribution in [0.25, 0.3) is 0 Å². The number of carbonyl (C=O) groups excluding carboxylic acids is 2. The van der Waals surface area contributed by atoms with E-state index in [0.717, 1.165) is 37.3 Å². The zero-order valence-corrected chi connectivity index (χ0v) is 15.4. The Morgan fingerprint density at radius 1 is 1.11 bits per heavy atom. The number of aryl methyl sites for hydroxylation is 2. The van der Waals surface area contributed by atoms with Gasteiger partial charge in [0.25, 0.3) is 5.91 Å². The molecule has 1 aromatic heterocycles. The number of thiophene rings is 1. The van der Waals surface area contributed by atoms with Crippen molar-refractivity contribution < 1.29 is 27.5 Å². The molecule has 0 aliphatic heterocycles. The lowest BCUT2D eigenvalue weighted by molar-refractivity contribution is -0.123. The summed E-state index contributed by atoms with van der Waals surface area (Å²) in [4.78, 5) is 26.0. The summed E-state index contributed by atoms with van der Waals surface area (Å²) in [5.41, 5.74) is 0.620. The fourth-order valence-electron chi connectivity index (χ4n) is 2.90. The highest BCUT2D eigenvalue weighted by molar-refractivity contribution is 7.14. The topological polar surface area (TPSA) is 55.4 Å². The highest BCUT2D eigenvalue weighted by Gasteiger charge is 2.24. The van der Waals surface area contributed by atoms with Crippen LogP contribution in [0.3, 0.4) is 0 Å². The lowest BCUT2D eigenvalue weighted by Gasteiger charge is -2.13. The van der Waals surface area contributed by atoms with Crippen LogP contribution < -0.4 is 5.32 Å². The molecule has 1 N–H and O–H groups in total. The largest absolute Gasteiger partial charge is 0.448 e. The lowest BCUT2D eigenvalue weighted by atomic mass is 10.1. The molecular formula is C19H18F3NO3S. The Kier molecular flexibility index (Phi) is 5.84. The number of esters is 1. The van der Waals surface area contributed by atoms with E-state index in [1.807, 2.05) is 0 Å². The number of nitrogens with one attached hydrogen (secondary N) is 1. The molecule has 0 fully saturated rings. The number of carbonyl (C=O) groups is 2. The van der Waals surface area contributed by atoms with Crippen LogP contribution in [-0.4, -0.2) is 18.0 Å². The van der Waals surface area contributed by atoms with Crippen LogP contribution in [0.5, 0.6) is 0 Å². The number of halogens is 3. The van der Waals surface area contributed by atoms with E-state index in [1.54, 1.807) is 6.07 Å². The minimum atomic E-state index is -1.68. The van der Waals surface area contributed by atoms with Crippen LogP contribution >= 0.6 is 11.3 Å². The van der Waals surface area contributed by atoms with Crippen molar-refractivity contribution in [3.63, 3.8) is 0 Å². The molecule has 27 heavy (non-hydrogen) atoms. The van der Waals surface area contributed by atoms with E-state index in [9.17, 15) is 22.8 Å². The maximum Gasteiger partial charge on any atom is 0.349 e. The molecule has 1 heterocycles. The summed E-state index contributed by atoms with van der Waals surface area (Å²) >= 11 is 1.36. The third-order valence-electron chi connectivity index (χ3n) is 4.39. The third kappa shape index (κ3) is 4.32. The highest BCUT2D eigenvalue weighted by Crippen LogP contribution is 2.29. The molecule has 0 radical (unpaired) electrons. The molecule has 0 spiro atoms. The Morgan fingerprint density at radius 2 is 1.85 bits per heavy atom. The van der Waals surface area contributed by atoms with Crippen molar-refractivity contribution >= 4 is 28.9 Å². The molecule has 3 rings (SSSR count). The monoisotopic (exact) mass is 397 g/mol. The summed E-state index contributed by atoms with van der Waals surface area (Å²) in [5.74, 6) is -6.03. The van der Waals surface area contributed by atoms with E-state index >= 15 is 0 Å². The predicted molar refractivity (Wildman–Crippen MR) is 95.4 cm³/mol. The van der Waals surface area contributed by atoms with Crippen molar-refractivity contribution in [2.45, 2.75) is 45.1 Å². The maximum absolute atomic E-state index is 13.6. The third-order valence-corrected chi connectivity index (χ3v) is 5.61. The summed E-state index contributed by atoms with van der Waals surface area (Å²) in [6.07, 6.45) is 3.95. The number of ether oxygens (including phenoxy) is 1. The zero-order valence-electron chi connectivity index (χ0n) is 14.6. The maximum atomic E-state index is 13.6. The molecular weight excluding hydrogens is 379 g/mol. The van der Waals surface area contributed by atoms with Gasteiger partial charge in [0.15, 0.2) is 23.6 Å². The van der Waals surface area contributed by atoms with E-state index in [4.69, 9.17) is 4.74 Å². The number of anilines is 1. The summed E-state index contributed by atoms with van der Waals surface area (Å²) in [6, 6.07) is 3.40. The Hall–Kier alpha value is -2.35. The van der Waals surface area contributed by atoms with E-state index in [0.29, 0.717) is 10.9 Å². The SMILES string of the molecule is C[C@H](OC(=O)c1cc2c(s1)CCCCC2)C(=O)Nc1ccc(F)c(F)c1F. The summed E-state index contributed by atoms with van der Waals surface area (Å²) < 4.78 is 45.0. The van der Waals surface area contributed by atoms with Crippen LogP contribution in [0.4, 0.5) is 18.9 Å². The lowest BCUT2D eigenvalue weighted by Crippen LogP contribution is -2.30. The van der Waals surface area contributed by atoms with Crippen LogP contribution in [0.15, 0.2) is 18.2 Å². The summed E-state index contributed by atoms with van der Waals surface area (Å²) in [6.45, 7) is 1.32. The van der Waals surface area contributed by atoms with Crippen molar-refractivity contribution in [3.05, 3.63) is 51.0 Å². The van der Waals surface area contributed by atoms with E-state index < -0.39 is 41.1 Å². The number of amides is 1. The number of hydrogen-bond donors (Lipinski definition) is 1. The average Bonchev–Trinajstić information content (AvgIpc) is 2.93. The molecule has 1 atom stereocenters. The quantitative estimate of drug-likeness (QED) is 0.465. The molecule has 0 saturated heterocycles. The Bertz CT molecular complexity index is 858.